The minimum Gasteiger partial charge on any atom is -0.478 e. The van der Waals surface area contributed by atoms with Gasteiger partial charge in [0, 0.05) is 17.7 Å². The molecule has 4 unspecified atom stereocenters. The molecule has 1 aromatic heterocycles. The molecule has 29 heavy (non-hydrogen) atoms. The summed E-state index contributed by atoms with van der Waals surface area (Å²) in [5.41, 5.74) is 7.96. The molecule has 2 heterocycles. The average Bonchev–Trinajstić information content (AvgIpc) is 3.14. The quantitative estimate of drug-likeness (QED) is 0.153. The number of β-lactam (4-membered cyclic amide) rings is 1. The number of thiazole rings is 1. The smallest absolute Gasteiger partial charge is 0.362 e. The summed E-state index contributed by atoms with van der Waals surface area (Å²) in [6.07, 6.45) is -0.316. The zero-order valence-corrected chi connectivity index (χ0v) is 15.9. The predicted octanol–water partition coefficient (Wildman–Crippen LogP) is -1.63. The first-order valence-corrected chi connectivity index (χ1v) is 10.1. The van der Waals surface area contributed by atoms with Crippen LogP contribution in [0.5, 0.6) is 0 Å². The lowest BCUT2D eigenvalue weighted by molar-refractivity contribution is -0.160. The molecule has 1 saturated heterocycles. The Labute approximate surface area is 166 Å². The second-order valence-corrected chi connectivity index (χ2v) is 8.51. The molecule has 0 aromatic carbocycles. The van der Waals surface area contributed by atoms with E-state index < -0.39 is 64.0 Å². The third kappa shape index (κ3) is 3.38. The number of anilines is 1. The van der Waals surface area contributed by atoms with Gasteiger partial charge in [-0.15, -0.1) is 11.3 Å². The Morgan fingerprint density at radius 1 is 1.52 bits per heavy atom. The monoisotopic (exact) mass is 451 g/mol. The molecule has 1 saturated carbocycles. The number of alkyl halides is 1. The maximum atomic E-state index is 13.3. The predicted molar refractivity (Wildman–Crippen MR) is 93.5 cm³/mol. The van der Waals surface area contributed by atoms with Gasteiger partial charge in [-0.25, -0.2) is 18.5 Å². The molecule has 158 valence electrons. The summed E-state index contributed by atoms with van der Waals surface area (Å²) in [4.78, 5) is 44.2. The number of carbonyl (C=O) groups is 3. The summed E-state index contributed by atoms with van der Waals surface area (Å²) in [6.45, 7) is -1.34. The molecule has 4 atom stereocenters. The van der Waals surface area contributed by atoms with Crippen molar-refractivity contribution in [1.29, 1.82) is 0 Å². The molecule has 6 N–H and O–H groups in total. The Hall–Kier alpha value is -2.85. The van der Waals surface area contributed by atoms with Gasteiger partial charge in [0.1, 0.15) is 12.4 Å². The van der Waals surface area contributed by atoms with Crippen molar-refractivity contribution in [3.05, 3.63) is 11.1 Å². The standard InChI is InChI=1S/C13H14FN5O8S2/c14-2-6-7(10(21)19(6)29(24,25)26)4-1-13(4,11(22)23)27-18-8(9(15)20)5-3-28-12(16)17-5/h3-4,6-7H,1-2H2,(H2,15,20)(H2,16,17)(H,22,23)(H,24,25,26)/b18-8-. The number of rotatable bonds is 8. The highest BCUT2D eigenvalue weighted by atomic mass is 32.2. The number of aromatic nitrogens is 1. The van der Waals surface area contributed by atoms with Crippen molar-refractivity contribution in [2.24, 2.45) is 22.7 Å². The van der Waals surface area contributed by atoms with E-state index in [9.17, 15) is 32.3 Å². The molecule has 2 amide bonds. The van der Waals surface area contributed by atoms with Gasteiger partial charge in [-0.3, -0.25) is 14.1 Å². The van der Waals surface area contributed by atoms with Gasteiger partial charge in [-0.2, -0.15) is 8.42 Å². The number of nitrogens with two attached hydrogens (primary N) is 2. The summed E-state index contributed by atoms with van der Waals surface area (Å²) in [5.74, 6) is -6.35. The van der Waals surface area contributed by atoms with E-state index in [0.29, 0.717) is 0 Å². The minimum atomic E-state index is -5.00. The lowest BCUT2D eigenvalue weighted by Gasteiger charge is -2.43. The number of oxime groups is 1. The third-order valence-electron chi connectivity index (χ3n) is 4.68. The summed E-state index contributed by atoms with van der Waals surface area (Å²) in [7, 11) is -5.00. The molecule has 2 aliphatic rings. The van der Waals surface area contributed by atoms with E-state index in [4.69, 9.17) is 20.9 Å². The van der Waals surface area contributed by atoms with Gasteiger partial charge in [0.2, 0.25) is 11.5 Å². The zero-order valence-electron chi connectivity index (χ0n) is 14.3. The number of amides is 2. The zero-order chi connectivity index (χ0) is 21.7. The van der Waals surface area contributed by atoms with Crippen LogP contribution < -0.4 is 11.5 Å². The van der Waals surface area contributed by atoms with Crippen LogP contribution in [0.4, 0.5) is 9.52 Å². The van der Waals surface area contributed by atoms with Gasteiger partial charge < -0.3 is 21.4 Å². The van der Waals surface area contributed by atoms with Crippen LogP contribution in [0.2, 0.25) is 0 Å². The molecular formula is C13H14FN5O8S2. The van der Waals surface area contributed by atoms with Crippen molar-refractivity contribution in [3.63, 3.8) is 0 Å². The molecule has 1 aromatic rings. The van der Waals surface area contributed by atoms with Crippen molar-refractivity contribution in [1.82, 2.24) is 9.29 Å². The number of hydrogen-bond acceptors (Lipinski definition) is 10. The second kappa shape index (κ2) is 6.89. The second-order valence-electron chi connectivity index (χ2n) is 6.33. The van der Waals surface area contributed by atoms with Crippen molar-refractivity contribution >= 4 is 50.3 Å². The van der Waals surface area contributed by atoms with Crippen LogP contribution in [0, 0.1) is 11.8 Å². The molecule has 16 heteroatoms. The topological polar surface area (TPSA) is 216 Å². The highest BCUT2D eigenvalue weighted by Crippen LogP contribution is 2.56. The number of carboxylic acid groups (broad SMARTS) is 1. The van der Waals surface area contributed by atoms with Gasteiger partial charge >= 0.3 is 16.3 Å². The van der Waals surface area contributed by atoms with Crippen LogP contribution in [0.25, 0.3) is 0 Å². The Morgan fingerprint density at radius 3 is 2.62 bits per heavy atom. The van der Waals surface area contributed by atoms with E-state index >= 15 is 0 Å². The highest BCUT2D eigenvalue weighted by Gasteiger charge is 2.74. The van der Waals surface area contributed by atoms with Crippen molar-refractivity contribution < 1.29 is 41.7 Å². The highest BCUT2D eigenvalue weighted by molar-refractivity contribution is 7.84. The fraction of sp³-hybridized carbons (Fsp3) is 0.462. The van der Waals surface area contributed by atoms with Gasteiger partial charge in [0.25, 0.3) is 5.91 Å². The maximum Gasteiger partial charge on any atom is 0.362 e. The van der Waals surface area contributed by atoms with E-state index in [2.05, 4.69) is 10.1 Å². The summed E-state index contributed by atoms with van der Waals surface area (Å²) >= 11 is 0.963. The summed E-state index contributed by atoms with van der Waals surface area (Å²) < 4.78 is 44.6. The summed E-state index contributed by atoms with van der Waals surface area (Å²) in [6, 6.07) is -1.58. The van der Waals surface area contributed by atoms with Gasteiger partial charge in [-0.1, -0.05) is 5.16 Å². The van der Waals surface area contributed by atoms with Crippen molar-refractivity contribution in [3.8, 4) is 0 Å². The van der Waals surface area contributed by atoms with E-state index in [1.807, 2.05) is 0 Å². The molecule has 1 aliphatic heterocycles. The first kappa shape index (κ1) is 20.9. The van der Waals surface area contributed by atoms with E-state index in [-0.39, 0.29) is 21.6 Å². The fourth-order valence-electron chi connectivity index (χ4n) is 3.24. The minimum absolute atomic E-state index is 0.0568. The van der Waals surface area contributed by atoms with Crippen molar-refractivity contribution in [2.45, 2.75) is 18.1 Å². The molecule has 13 nitrogen and oxygen atoms in total. The largest absolute Gasteiger partial charge is 0.478 e. The normalized spacial score (nSPS) is 29.3. The maximum absolute atomic E-state index is 13.3. The Morgan fingerprint density at radius 2 is 2.17 bits per heavy atom. The first-order chi connectivity index (χ1) is 13.4. The molecule has 0 spiro atoms. The third-order valence-corrected chi connectivity index (χ3v) is 6.30. The number of primary amides is 1. The van der Waals surface area contributed by atoms with E-state index in [1.54, 1.807) is 0 Å². The summed E-state index contributed by atoms with van der Waals surface area (Å²) in [5, 5.41) is 14.4. The molecular weight excluding hydrogens is 437 g/mol. The Balaban J connectivity index is 1.85. The van der Waals surface area contributed by atoms with Crippen LogP contribution in [-0.4, -0.2) is 69.2 Å². The number of nitrogens with zero attached hydrogens (tertiary/aromatic N) is 3. The van der Waals surface area contributed by atoms with E-state index in [0.717, 1.165) is 11.3 Å². The SMILES string of the molecule is NC(=O)/C(=N\OC1(C(=O)O)CC1C1C(=O)N(S(=O)(=O)O)C1CF)c1csc(N)n1. The number of carbonyl (C=O) groups excluding carboxylic acids is 2. The van der Waals surface area contributed by atoms with Crippen LogP contribution in [0.3, 0.4) is 0 Å². The van der Waals surface area contributed by atoms with Crippen LogP contribution >= 0.6 is 11.3 Å². The lowest BCUT2D eigenvalue weighted by atomic mass is 9.85. The number of aliphatic carboxylic acids is 1. The molecule has 0 bridgehead atoms. The van der Waals surface area contributed by atoms with Gasteiger partial charge in [0.05, 0.1) is 12.0 Å². The van der Waals surface area contributed by atoms with Crippen LogP contribution in [0.1, 0.15) is 12.1 Å². The number of carboxylic acids is 1. The van der Waals surface area contributed by atoms with Gasteiger partial charge in [0.15, 0.2) is 10.8 Å². The lowest BCUT2D eigenvalue weighted by Crippen LogP contribution is -2.65. The first-order valence-electron chi connectivity index (χ1n) is 7.81. The average molecular weight is 451 g/mol. The Bertz CT molecular complexity index is 1030. The Kier molecular flexibility index (Phi) is 4.96. The van der Waals surface area contributed by atoms with Crippen molar-refractivity contribution in [2.75, 3.05) is 12.4 Å². The number of halogens is 1. The molecule has 1 aliphatic carbocycles. The van der Waals surface area contributed by atoms with Gasteiger partial charge in [-0.05, 0) is 0 Å². The molecule has 2 fully saturated rings. The van der Waals surface area contributed by atoms with E-state index in [1.165, 1.54) is 5.38 Å². The number of hydrogen-bond donors (Lipinski definition) is 4. The molecule has 3 rings (SSSR count). The number of nitrogen functional groups attached to an aromatic ring is 1. The van der Waals surface area contributed by atoms with Crippen LogP contribution in [-0.2, 0) is 29.5 Å². The molecule has 0 radical (unpaired) electrons. The van der Waals surface area contributed by atoms with Crippen LogP contribution in [0.15, 0.2) is 10.5 Å². The fourth-order valence-corrected chi connectivity index (χ4v) is 4.67.